The monoisotopic (exact) mass is 378 g/mol. The number of anilines is 1. The topological polar surface area (TPSA) is 51.2 Å². The first kappa shape index (κ1) is 17.0. The molecule has 1 N–H and O–H groups in total. The molecule has 24 heavy (non-hydrogen) atoms. The fourth-order valence-electron chi connectivity index (χ4n) is 2.12. The van der Waals surface area contributed by atoms with E-state index in [2.05, 4.69) is 10.3 Å². The van der Waals surface area contributed by atoms with Crippen LogP contribution in [-0.4, -0.2) is 17.5 Å². The van der Waals surface area contributed by atoms with Crippen LogP contribution in [-0.2, 0) is 11.2 Å². The molecule has 0 aliphatic rings. The highest BCUT2D eigenvalue weighted by Gasteiger charge is 2.10. The average Bonchev–Trinajstić information content (AvgIpc) is 3.18. The number of thiazole rings is 1. The summed E-state index contributed by atoms with van der Waals surface area (Å²) in [6.45, 7) is 2.59. The van der Waals surface area contributed by atoms with Gasteiger partial charge in [-0.2, -0.15) is 0 Å². The molecule has 1 amide bonds. The summed E-state index contributed by atoms with van der Waals surface area (Å²) in [4.78, 5) is 17.5. The lowest BCUT2D eigenvalue weighted by Crippen LogP contribution is -2.13. The molecule has 3 aromatic rings. The Bertz CT molecular complexity index is 827. The van der Waals surface area contributed by atoms with Gasteiger partial charge in [-0.3, -0.25) is 4.79 Å². The second-order valence-corrected chi connectivity index (χ2v) is 7.58. The van der Waals surface area contributed by atoms with Crippen molar-refractivity contribution in [1.82, 2.24) is 4.98 Å². The van der Waals surface area contributed by atoms with E-state index in [1.165, 1.54) is 22.7 Å². The molecule has 0 radical (unpaired) electrons. The summed E-state index contributed by atoms with van der Waals surface area (Å²) in [5, 5.41) is 5.34. The zero-order valence-electron chi connectivity index (χ0n) is 12.9. The van der Waals surface area contributed by atoms with Crippen molar-refractivity contribution in [3.05, 3.63) is 51.0 Å². The van der Waals surface area contributed by atoms with Crippen molar-refractivity contribution in [3.8, 4) is 17.0 Å². The quantitative estimate of drug-likeness (QED) is 0.648. The molecule has 0 fully saturated rings. The summed E-state index contributed by atoms with van der Waals surface area (Å²) in [7, 11) is 0. The van der Waals surface area contributed by atoms with Crippen LogP contribution >= 0.6 is 34.3 Å². The lowest BCUT2D eigenvalue weighted by molar-refractivity contribution is -0.115. The van der Waals surface area contributed by atoms with Crippen molar-refractivity contribution in [2.45, 2.75) is 13.3 Å². The van der Waals surface area contributed by atoms with Crippen molar-refractivity contribution < 1.29 is 9.53 Å². The maximum atomic E-state index is 12.1. The van der Waals surface area contributed by atoms with Crippen LogP contribution in [0.5, 0.6) is 5.75 Å². The number of hydrogen-bond donors (Lipinski definition) is 1. The maximum Gasteiger partial charge on any atom is 0.231 e. The molecule has 7 heteroatoms. The molecule has 0 atom stereocenters. The number of aromatic nitrogens is 1. The van der Waals surface area contributed by atoms with E-state index >= 15 is 0 Å². The number of ether oxygens (including phenoxy) is 1. The van der Waals surface area contributed by atoms with E-state index in [1.54, 1.807) is 6.07 Å². The zero-order chi connectivity index (χ0) is 16.9. The Hall–Kier alpha value is -1.89. The van der Waals surface area contributed by atoms with Gasteiger partial charge in [0.05, 0.1) is 23.1 Å². The van der Waals surface area contributed by atoms with Gasteiger partial charge in [0.1, 0.15) is 5.75 Å². The Balaban J connectivity index is 1.63. The molecule has 0 aliphatic carbocycles. The molecule has 0 unspecified atom stereocenters. The van der Waals surface area contributed by atoms with Crippen molar-refractivity contribution in [1.29, 1.82) is 0 Å². The molecular formula is C17H15ClN2O2S2. The van der Waals surface area contributed by atoms with E-state index in [9.17, 15) is 4.79 Å². The minimum atomic E-state index is -0.0962. The number of thiophene rings is 1. The minimum Gasteiger partial charge on any atom is -0.494 e. The number of amides is 1. The standard InChI is InChI=1S/C17H15ClN2O2S2/c1-2-22-12-5-3-11(4-6-12)14-10-23-17(19-14)20-16(21)9-13-7-8-15(18)24-13/h3-8,10H,2,9H2,1H3,(H,19,20,21). The third kappa shape index (κ3) is 4.35. The SMILES string of the molecule is CCOc1ccc(-c2csc(NC(=O)Cc3ccc(Cl)s3)n2)cc1. The van der Waals surface area contributed by atoms with Crippen LogP contribution in [0.4, 0.5) is 5.13 Å². The van der Waals surface area contributed by atoms with Crippen molar-refractivity contribution in [2.75, 3.05) is 11.9 Å². The molecule has 3 rings (SSSR count). The number of halogens is 1. The van der Waals surface area contributed by atoms with Gasteiger partial charge in [0, 0.05) is 15.8 Å². The highest BCUT2D eigenvalue weighted by Crippen LogP contribution is 2.27. The van der Waals surface area contributed by atoms with Gasteiger partial charge in [-0.1, -0.05) is 11.6 Å². The molecule has 1 aromatic carbocycles. The number of rotatable bonds is 6. The molecule has 0 aliphatic heterocycles. The molecule has 0 spiro atoms. The second-order valence-electron chi connectivity index (χ2n) is 4.93. The van der Waals surface area contributed by atoms with Crippen LogP contribution < -0.4 is 10.1 Å². The normalized spacial score (nSPS) is 10.6. The Kier molecular flexibility index (Phi) is 5.50. The first-order valence-electron chi connectivity index (χ1n) is 7.37. The van der Waals surface area contributed by atoms with E-state index in [1.807, 2.05) is 42.6 Å². The van der Waals surface area contributed by atoms with Crippen molar-refractivity contribution in [3.63, 3.8) is 0 Å². The van der Waals surface area contributed by atoms with Crippen LogP contribution in [0, 0.1) is 0 Å². The first-order valence-corrected chi connectivity index (χ1v) is 9.44. The van der Waals surface area contributed by atoms with E-state index in [4.69, 9.17) is 16.3 Å². The number of benzene rings is 1. The molecule has 4 nitrogen and oxygen atoms in total. The minimum absolute atomic E-state index is 0.0962. The summed E-state index contributed by atoms with van der Waals surface area (Å²) < 4.78 is 6.11. The maximum absolute atomic E-state index is 12.1. The van der Waals surface area contributed by atoms with Crippen LogP contribution in [0.1, 0.15) is 11.8 Å². The lowest BCUT2D eigenvalue weighted by Gasteiger charge is -2.03. The number of nitrogens with one attached hydrogen (secondary N) is 1. The summed E-state index contributed by atoms with van der Waals surface area (Å²) in [6, 6.07) is 11.4. The van der Waals surface area contributed by atoms with Crippen molar-refractivity contribution in [2.24, 2.45) is 0 Å². The van der Waals surface area contributed by atoms with E-state index < -0.39 is 0 Å². The van der Waals surface area contributed by atoms with Gasteiger partial charge < -0.3 is 10.1 Å². The molecule has 2 aromatic heterocycles. The van der Waals surface area contributed by atoms with Crippen LogP contribution in [0.2, 0.25) is 4.34 Å². The highest BCUT2D eigenvalue weighted by atomic mass is 35.5. The lowest BCUT2D eigenvalue weighted by atomic mass is 10.2. The Morgan fingerprint density at radius 2 is 2.04 bits per heavy atom. The third-order valence-corrected chi connectivity index (χ3v) is 5.16. The first-order chi connectivity index (χ1) is 11.6. The molecule has 124 valence electrons. The van der Waals surface area contributed by atoms with E-state index in [-0.39, 0.29) is 5.91 Å². The van der Waals surface area contributed by atoms with Crippen LogP contribution in [0.25, 0.3) is 11.3 Å². The predicted molar refractivity (Wildman–Crippen MR) is 100 cm³/mol. The summed E-state index contributed by atoms with van der Waals surface area (Å²) in [5.74, 6) is 0.737. The Labute approximate surface area is 153 Å². The van der Waals surface area contributed by atoms with Gasteiger partial charge in [0.25, 0.3) is 0 Å². The molecule has 0 saturated carbocycles. The Morgan fingerprint density at radius 1 is 1.25 bits per heavy atom. The highest BCUT2D eigenvalue weighted by molar-refractivity contribution is 7.16. The van der Waals surface area contributed by atoms with Crippen molar-refractivity contribution >= 4 is 45.3 Å². The van der Waals surface area contributed by atoms with Crippen LogP contribution in [0.3, 0.4) is 0 Å². The number of carbonyl (C=O) groups is 1. The molecule has 0 bridgehead atoms. The van der Waals surface area contributed by atoms with Gasteiger partial charge in [0.15, 0.2) is 5.13 Å². The predicted octanol–water partition coefficient (Wildman–Crippen LogP) is 5.10. The number of nitrogens with zero attached hydrogens (tertiary/aromatic N) is 1. The summed E-state index contributed by atoms with van der Waals surface area (Å²) >= 11 is 8.69. The van der Waals surface area contributed by atoms with Gasteiger partial charge >= 0.3 is 0 Å². The van der Waals surface area contributed by atoms with Gasteiger partial charge in [-0.25, -0.2) is 4.98 Å². The number of carbonyl (C=O) groups excluding carboxylic acids is 1. The fraction of sp³-hybridized carbons (Fsp3) is 0.176. The zero-order valence-corrected chi connectivity index (χ0v) is 15.3. The third-order valence-electron chi connectivity index (χ3n) is 3.18. The van der Waals surface area contributed by atoms with E-state index in [0.717, 1.165) is 21.9 Å². The van der Waals surface area contributed by atoms with E-state index in [0.29, 0.717) is 22.5 Å². The van der Waals surface area contributed by atoms with Gasteiger partial charge in [-0.15, -0.1) is 22.7 Å². The number of hydrogen-bond acceptors (Lipinski definition) is 5. The Morgan fingerprint density at radius 3 is 2.71 bits per heavy atom. The average molecular weight is 379 g/mol. The molecule has 2 heterocycles. The van der Waals surface area contributed by atoms with Gasteiger partial charge in [-0.05, 0) is 43.3 Å². The fourth-order valence-corrected chi connectivity index (χ4v) is 3.94. The smallest absolute Gasteiger partial charge is 0.231 e. The largest absolute Gasteiger partial charge is 0.494 e. The van der Waals surface area contributed by atoms with Gasteiger partial charge in [0.2, 0.25) is 5.91 Å². The van der Waals surface area contributed by atoms with Crippen LogP contribution in [0.15, 0.2) is 41.8 Å². The summed E-state index contributed by atoms with van der Waals surface area (Å²) in [5.41, 5.74) is 1.82. The molecule has 0 saturated heterocycles. The second kappa shape index (κ2) is 7.79. The molecular weight excluding hydrogens is 364 g/mol. The summed E-state index contributed by atoms with van der Waals surface area (Å²) in [6.07, 6.45) is 0.301.